The minimum absolute atomic E-state index is 0.157. The zero-order chi connectivity index (χ0) is 19.6. The van der Waals surface area contributed by atoms with Crippen LogP contribution in [0.25, 0.3) is 0 Å². The average molecular weight is 375 g/mol. The van der Waals surface area contributed by atoms with Gasteiger partial charge < -0.3 is 9.84 Å². The standard InChI is InChI=1S/C24H38O3/c1-2-3-4-5-6-7-8-9-10-11-12-13-14-15-16-21-27-24(26)22-17-19-23(25)20-18-22/h8-9,17-20,25H,2-7,10-16,21H2,1H3/b9-8+. The number of esters is 1. The summed E-state index contributed by atoms with van der Waals surface area (Å²) >= 11 is 0. The summed E-state index contributed by atoms with van der Waals surface area (Å²) in [5.74, 6) is -0.156. The van der Waals surface area contributed by atoms with Crippen LogP contribution in [-0.4, -0.2) is 17.7 Å². The van der Waals surface area contributed by atoms with Gasteiger partial charge in [-0.05, 0) is 56.4 Å². The maximum atomic E-state index is 11.8. The van der Waals surface area contributed by atoms with Gasteiger partial charge in [-0.15, -0.1) is 0 Å². The summed E-state index contributed by atoms with van der Waals surface area (Å²) in [6.07, 6.45) is 21.0. The molecule has 0 saturated heterocycles. The topological polar surface area (TPSA) is 46.5 Å². The minimum Gasteiger partial charge on any atom is -0.508 e. The fraction of sp³-hybridized carbons (Fsp3) is 0.625. The number of rotatable bonds is 16. The fourth-order valence-electron chi connectivity index (χ4n) is 3.02. The number of phenols is 1. The number of unbranched alkanes of at least 4 members (excludes halogenated alkanes) is 11. The highest BCUT2D eigenvalue weighted by molar-refractivity contribution is 5.89. The molecule has 0 saturated carbocycles. The van der Waals surface area contributed by atoms with Crippen LogP contribution in [-0.2, 0) is 4.74 Å². The Bertz CT molecular complexity index is 505. The first-order valence-corrected chi connectivity index (χ1v) is 10.8. The van der Waals surface area contributed by atoms with E-state index in [1.54, 1.807) is 12.1 Å². The number of allylic oxidation sites excluding steroid dienone is 2. The first-order chi connectivity index (χ1) is 13.2. The smallest absolute Gasteiger partial charge is 0.338 e. The van der Waals surface area contributed by atoms with Crippen LogP contribution in [0.2, 0.25) is 0 Å². The SMILES string of the molecule is CCCCCCC/C=C/CCCCCCCCOC(=O)c1ccc(O)cc1. The maximum absolute atomic E-state index is 11.8. The van der Waals surface area contributed by atoms with E-state index in [0.29, 0.717) is 12.2 Å². The van der Waals surface area contributed by atoms with Crippen LogP contribution in [0.4, 0.5) is 0 Å². The minimum atomic E-state index is -0.313. The zero-order valence-electron chi connectivity index (χ0n) is 17.1. The van der Waals surface area contributed by atoms with Crippen molar-refractivity contribution >= 4 is 5.97 Å². The van der Waals surface area contributed by atoms with E-state index in [1.165, 1.54) is 82.8 Å². The van der Waals surface area contributed by atoms with E-state index in [2.05, 4.69) is 19.1 Å². The van der Waals surface area contributed by atoms with E-state index < -0.39 is 0 Å². The first-order valence-electron chi connectivity index (χ1n) is 10.8. The van der Waals surface area contributed by atoms with Crippen molar-refractivity contribution in [1.29, 1.82) is 0 Å². The Hall–Kier alpha value is -1.77. The lowest BCUT2D eigenvalue weighted by molar-refractivity contribution is 0.0497. The van der Waals surface area contributed by atoms with Gasteiger partial charge in [-0.3, -0.25) is 0 Å². The van der Waals surface area contributed by atoms with Crippen molar-refractivity contribution < 1.29 is 14.6 Å². The van der Waals surface area contributed by atoms with Gasteiger partial charge in [0.25, 0.3) is 0 Å². The second kappa shape index (κ2) is 16.4. The maximum Gasteiger partial charge on any atom is 0.338 e. The van der Waals surface area contributed by atoms with E-state index >= 15 is 0 Å². The third kappa shape index (κ3) is 13.1. The van der Waals surface area contributed by atoms with E-state index in [1.807, 2.05) is 0 Å². The molecule has 0 atom stereocenters. The fourth-order valence-corrected chi connectivity index (χ4v) is 3.02. The van der Waals surface area contributed by atoms with Crippen molar-refractivity contribution in [2.75, 3.05) is 6.61 Å². The number of aromatic hydroxyl groups is 1. The van der Waals surface area contributed by atoms with Crippen molar-refractivity contribution in [3.8, 4) is 5.75 Å². The third-order valence-electron chi connectivity index (χ3n) is 4.74. The average Bonchev–Trinajstić information content (AvgIpc) is 2.68. The molecule has 0 fully saturated rings. The van der Waals surface area contributed by atoms with Crippen LogP contribution in [0.3, 0.4) is 0 Å². The van der Waals surface area contributed by atoms with Gasteiger partial charge >= 0.3 is 5.97 Å². The van der Waals surface area contributed by atoms with Crippen molar-refractivity contribution in [3.63, 3.8) is 0 Å². The molecule has 0 aliphatic heterocycles. The summed E-state index contributed by atoms with van der Waals surface area (Å²) in [6, 6.07) is 6.16. The summed E-state index contributed by atoms with van der Waals surface area (Å²) in [5, 5.41) is 9.21. The predicted molar refractivity (Wildman–Crippen MR) is 113 cm³/mol. The molecule has 1 N–H and O–H groups in total. The van der Waals surface area contributed by atoms with Crippen LogP contribution < -0.4 is 0 Å². The third-order valence-corrected chi connectivity index (χ3v) is 4.74. The normalized spacial score (nSPS) is 11.1. The van der Waals surface area contributed by atoms with Gasteiger partial charge in [0.15, 0.2) is 0 Å². The highest BCUT2D eigenvalue weighted by Gasteiger charge is 2.06. The van der Waals surface area contributed by atoms with Gasteiger partial charge in [0.2, 0.25) is 0 Å². The Morgan fingerprint density at radius 2 is 1.33 bits per heavy atom. The molecule has 0 bridgehead atoms. The number of ether oxygens (including phenoxy) is 1. The first kappa shape index (κ1) is 23.3. The number of phenolic OH excluding ortho intramolecular Hbond substituents is 1. The lowest BCUT2D eigenvalue weighted by Crippen LogP contribution is -2.06. The van der Waals surface area contributed by atoms with Crippen molar-refractivity contribution in [1.82, 2.24) is 0 Å². The Morgan fingerprint density at radius 1 is 0.815 bits per heavy atom. The lowest BCUT2D eigenvalue weighted by Gasteiger charge is -2.05. The molecule has 1 aromatic carbocycles. The van der Waals surface area contributed by atoms with Crippen LogP contribution in [0.1, 0.15) is 101 Å². The molecule has 0 amide bonds. The summed E-state index contributed by atoms with van der Waals surface area (Å²) in [4.78, 5) is 11.8. The van der Waals surface area contributed by atoms with Crippen LogP contribution >= 0.6 is 0 Å². The van der Waals surface area contributed by atoms with E-state index in [-0.39, 0.29) is 11.7 Å². The van der Waals surface area contributed by atoms with Gasteiger partial charge in [0.1, 0.15) is 5.75 Å². The van der Waals surface area contributed by atoms with Gasteiger partial charge in [-0.2, -0.15) is 0 Å². The summed E-state index contributed by atoms with van der Waals surface area (Å²) in [5.41, 5.74) is 0.488. The van der Waals surface area contributed by atoms with Crippen LogP contribution in [0.15, 0.2) is 36.4 Å². The monoisotopic (exact) mass is 374 g/mol. The van der Waals surface area contributed by atoms with Crippen molar-refractivity contribution in [2.24, 2.45) is 0 Å². The van der Waals surface area contributed by atoms with Gasteiger partial charge in [-0.25, -0.2) is 4.79 Å². The molecular formula is C24H38O3. The molecule has 3 nitrogen and oxygen atoms in total. The van der Waals surface area contributed by atoms with Crippen LogP contribution in [0.5, 0.6) is 5.75 Å². The molecule has 0 radical (unpaired) electrons. The lowest BCUT2D eigenvalue weighted by atomic mass is 10.1. The van der Waals surface area contributed by atoms with Gasteiger partial charge in [0, 0.05) is 0 Å². The molecule has 0 aliphatic rings. The molecule has 0 unspecified atom stereocenters. The van der Waals surface area contributed by atoms with Crippen molar-refractivity contribution in [3.05, 3.63) is 42.0 Å². The molecular weight excluding hydrogens is 336 g/mol. The second-order valence-corrected chi connectivity index (χ2v) is 7.27. The van der Waals surface area contributed by atoms with Gasteiger partial charge in [-0.1, -0.05) is 70.4 Å². The largest absolute Gasteiger partial charge is 0.508 e. The second-order valence-electron chi connectivity index (χ2n) is 7.27. The van der Waals surface area contributed by atoms with Crippen molar-refractivity contribution in [2.45, 2.75) is 90.4 Å². The van der Waals surface area contributed by atoms with Crippen LogP contribution in [0, 0.1) is 0 Å². The number of benzene rings is 1. The number of carbonyl (C=O) groups excluding carboxylic acids is 1. The molecule has 0 spiro atoms. The number of carbonyl (C=O) groups is 1. The van der Waals surface area contributed by atoms with E-state index in [0.717, 1.165) is 12.8 Å². The molecule has 152 valence electrons. The highest BCUT2D eigenvalue weighted by atomic mass is 16.5. The molecule has 0 heterocycles. The zero-order valence-corrected chi connectivity index (χ0v) is 17.1. The Morgan fingerprint density at radius 3 is 1.93 bits per heavy atom. The summed E-state index contributed by atoms with van der Waals surface area (Å²) < 4.78 is 5.25. The summed E-state index contributed by atoms with van der Waals surface area (Å²) in [7, 11) is 0. The molecule has 0 aliphatic carbocycles. The van der Waals surface area contributed by atoms with E-state index in [4.69, 9.17) is 4.74 Å². The highest BCUT2D eigenvalue weighted by Crippen LogP contribution is 2.12. The van der Waals surface area contributed by atoms with E-state index in [9.17, 15) is 9.90 Å². The Labute approximate surface area is 165 Å². The molecule has 1 aromatic rings. The molecule has 1 rings (SSSR count). The Balaban J connectivity index is 1.85. The number of hydrogen-bond acceptors (Lipinski definition) is 3. The molecule has 27 heavy (non-hydrogen) atoms. The molecule has 3 heteroatoms. The number of hydrogen-bond donors (Lipinski definition) is 1. The Kier molecular flexibility index (Phi) is 14.1. The summed E-state index contributed by atoms with van der Waals surface area (Å²) in [6.45, 7) is 2.73. The van der Waals surface area contributed by atoms with Gasteiger partial charge in [0.05, 0.1) is 12.2 Å². The predicted octanol–water partition coefficient (Wildman–Crippen LogP) is 7.20. The quantitative estimate of drug-likeness (QED) is 0.189. The molecule has 0 aromatic heterocycles.